The minimum absolute atomic E-state index is 0.00880. The van der Waals surface area contributed by atoms with Crippen LogP contribution in [-0.4, -0.2) is 16.1 Å². The van der Waals surface area contributed by atoms with Crippen molar-refractivity contribution in [3.05, 3.63) is 29.8 Å². The topological polar surface area (TPSA) is 50.2 Å². The number of hydrogen-bond donors (Lipinski definition) is 1. The molecule has 1 N–H and O–H groups in total. The normalized spacial score (nSPS) is 12.5. The van der Waals surface area contributed by atoms with Gasteiger partial charge in [-0.2, -0.15) is 0 Å². The summed E-state index contributed by atoms with van der Waals surface area (Å²) in [5.41, 5.74) is 0.613. The Hall–Kier alpha value is -1.45. The van der Waals surface area contributed by atoms with E-state index in [9.17, 15) is 9.18 Å². The molecule has 3 nitrogen and oxygen atoms in total. The maximum absolute atomic E-state index is 12.7. The summed E-state index contributed by atoms with van der Waals surface area (Å²) in [6.45, 7) is 1.73. The Morgan fingerprint density at radius 1 is 1.69 bits per heavy atom. The van der Waals surface area contributed by atoms with Crippen LogP contribution in [0.5, 0.6) is 0 Å². The van der Waals surface area contributed by atoms with E-state index in [1.807, 2.05) is 0 Å². The highest BCUT2D eigenvalue weighted by Gasteiger charge is 2.10. The van der Waals surface area contributed by atoms with Crippen LogP contribution in [0.3, 0.4) is 0 Å². The van der Waals surface area contributed by atoms with E-state index in [2.05, 4.69) is 4.98 Å². The van der Waals surface area contributed by atoms with Gasteiger partial charge in [0.15, 0.2) is 0 Å². The maximum atomic E-state index is 12.7. The number of nitrogens with zero attached hydrogens (tertiary/aromatic N) is 1. The monoisotopic (exact) mass is 183 g/mol. The van der Waals surface area contributed by atoms with Crippen molar-refractivity contribution in [2.45, 2.75) is 19.3 Å². The van der Waals surface area contributed by atoms with Crippen LogP contribution < -0.4 is 0 Å². The zero-order valence-electron chi connectivity index (χ0n) is 7.20. The molecule has 1 aromatic heterocycles. The van der Waals surface area contributed by atoms with E-state index in [1.165, 1.54) is 12.3 Å². The summed E-state index contributed by atoms with van der Waals surface area (Å²) in [5.74, 6) is -1.53. The van der Waals surface area contributed by atoms with Crippen LogP contribution in [0.4, 0.5) is 4.39 Å². The minimum Gasteiger partial charge on any atom is -0.481 e. The summed E-state index contributed by atoms with van der Waals surface area (Å²) < 4.78 is 12.7. The predicted octanol–water partition coefficient (Wildman–Crippen LogP) is 1.80. The van der Waals surface area contributed by atoms with Crippen LogP contribution >= 0.6 is 0 Å². The number of aliphatic carboxylic acids is 1. The number of aromatic nitrogens is 1. The second-order valence-corrected chi connectivity index (χ2v) is 2.94. The Labute approximate surface area is 75.2 Å². The number of hydrogen-bond acceptors (Lipinski definition) is 2. The van der Waals surface area contributed by atoms with E-state index >= 15 is 0 Å². The molecule has 0 radical (unpaired) electrons. The van der Waals surface area contributed by atoms with Crippen LogP contribution in [0.15, 0.2) is 18.5 Å². The lowest BCUT2D eigenvalue weighted by Gasteiger charge is -2.07. The molecule has 0 bridgehead atoms. The van der Waals surface area contributed by atoms with Crippen molar-refractivity contribution >= 4 is 5.97 Å². The van der Waals surface area contributed by atoms with Crippen molar-refractivity contribution < 1.29 is 14.3 Å². The first-order chi connectivity index (χ1) is 6.09. The Morgan fingerprint density at radius 2 is 2.38 bits per heavy atom. The number of carboxylic acids is 1. The highest BCUT2D eigenvalue weighted by molar-refractivity contribution is 5.67. The Balaban J connectivity index is 2.76. The van der Waals surface area contributed by atoms with Gasteiger partial charge in [0.2, 0.25) is 0 Å². The van der Waals surface area contributed by atoms with Gasteiger partial charge in [-0.3, -0.25) is 9.78 Å². The number of carboxylic acid groups (broad SMARTS) is 1. The smallest absolute Gasteiger partial charge is 0.303 e. The zero-order valence-corrected chi connectivity index (χ0v) is 7.20. The van der Waals surface area contributed by atoms with Gasteiger partial charge in [0.25, 0.3) is 0 Å². The fourth-order valence-electron chi connectivity index (χ4n) is 1.08. The van der Waals surface area contributed by atoms with E-state index in [-0.39, 0.29) is 12.3 Å². The first-order valence-corrected chi connectivity index (χ1v) is 3.92. The van der Waals surface area contributed by atoms with Gasteiger partial charge >= 0.3 is 5.97 Å². The average Bonchev–Trinajstić information content (AvgIpc) is 2.03. The molecule has 0 saturated heterocycles. The van der Waals surface area contributed by atoms with Crippen LogP contribution in [0.1, 0.15) is 24.8 Å². The summed E-state index contributed by atoms with van der Waals surface area (Å²) in [5, 5.41) is 8.50. The second kappa shape index (κ2) is 3.98. The van der Waals surface area contributed by atoms with E-state index in [0.29, 0.717) is 5.56 Å². The molecule has 0 aliphatic rings. The highest BCUT2D eigenvalue weighted by atomic mass is 19.1. The van der Waals surface area contributed by atoms with Crippen LogP contribution in [0, 0.1) is 5.82 Å². The average molecular weight is 183 g/mol. The standard InChI is InChI=1S/C9H10FNO2/c1-6(2-9(12)13)7-3-8(10)5-11-4-7/h3-6H,2H2,1H3,(H,12,13). The van der Waals surface area contributed by atoms with Crippen molar-refractivity contribution in [3.63, 3.8) is 0 Å². The van der Waals surface area contributed by atoms with Crippen LogP contribution in [0.25, 0.3) is 0 Å². The summed E-state index contributed by atoms with van der Waals surface area (Å²) in [6, 6.07) is 1.31. The number of carbonyl (C=O) groups is 1. The Morgan fingerprint density at radius 3 is 2.92 bits per heavy atom. The molecule has 1 aromatic rings. The molecule has 0 amide bonds. The maximum Gasteiger partial charge on any atom is 0.303 e. The van der Waals surface area contributed by atoms with Crippen LogP contribution in [0.2, 0.25) is 0 Å². The van der Waals surface area contributed by atoms with Crippen molar-refractivity contribution in [3.8, 4) is 0 Å². The van der Waals surface area contributed by atoms with Crippen LogP contribution in [-0.2, 0) is 4.79 Å². The van der Waals surface area contributed by atoms with Gasteiger partial charge in [-0.1, -0.05) is 6.92 Å². The SMILES string of the molecule is CC(CC(=O)O)c1cncc(F)c1. The van der Waals surface area contributed by atoms with Crippen molar-refractivity contribution in [2.24, 2.45) is 0 Å². The molecule has 0 fully saturated rings. The predicted molar refractivity (Wildman–Crippen MR) is 44.9 cm³/mol. The third-order valence-electron chi connectivity index (χ3n) is 1.78. The first-order valence-electron chi connectivity index (χ1n) is 3.92. The summed E-state index contributed by atoms with van der Waals surface area (Å²) in [7, 11) is 0. The van der Waals surface area contributed by atoms with Gasteiger partial charge in [0, 0.05) is 6.20 Å². The van der Waals surface area contributed by atoms with Crippen molar-refractivity contribution in [2.75, 3.05) is 0 Å². The zero-order chi connectivity index (χ0) is 9.84. The fourth-order valence-corrected chi connectivity index (χ4v) is 1.08. The molecule has 70 valence electrons. The molecular formula is C9H10FNO2. The number of pyridine rings is 1. The molecule has 1 unspecified atom stereocenters. The van der Waals surface area contributed by atoms with E-state index < -0.39 is 11.8 Å². The van der Waals surface area contributed by atoms with Gasteiger partial charge in [0.1, 0.15) is 5.82 Å². The van der Waals surface area contributed by atoms with E-state index in [0.717, 1.165) is 6.20 Å². The third-order valence-corrected chi connectivity index (χ3v) is 1.78. The van der Waals surface area contributed by atoms with Crippen molar-refractivity contribution in [1.82, 2.24) is 4.98 Å². The summed E-state index contributed by atoms with van der Waals surface area (Å²) in [6.07, 6.45) is 2.57. The van der Waals surface area contributed by atoms with Gasteiger partial charge in [-0.05, 0) is 17.5 Å². The molecule has 0 aromatic carbocycles. The Kier molecular flexibility index (Phi) is 2.95. The molecule has 13 heavy (non-hydrogen) atoms. The first kappa shape index (κ1) is 9.64. The molecule has 1 atom stereocenters. The lowest BCUT2D eigenvalue weighted by atomic mass is 10.00. The van der Waals surface area contributed by atoms with Gasteiger partial charge < -0.3 is 5.11 Å². The molecular weight excluding hydrogens is 173 g/mol. The molecule has 0 saturated carbocycles. The molecule has 0 aliphatic heterocycles. The lowest BCUT2D eigenvalue weighted by molar-refractivity contribution is -0.137. The number of rotatable bonds is 3. The molecule has 0 aliphatic carbocycles. The largest absolute Gasteiger partial charge is 0.481 e. The van der Waals surface area contributed by atoms with Gasteiger partial charge in [0.05, 0.1) is 12.6 Å². The lowest BCUT2D eigenvalue weighted by Crippen LogP contribution is -2.03. The Bertz CT molecular complexity index is 314. The summed E-state index contributed by atoms with van der Waals surface area (Å²) >= 11 is 0. The van der Waals surface area contributed by atoms with Crippen molar-refractivity contribution in [1.29, 1.82) is 0 Å². The second-order valence-electron chi connectivity index (χ2n) is 2.94. The quantitative estimate of drug-likeness (QED) is 0.777. The third kappa shape index (κ3) is 2.82. The fraction of sp³-hybridized carbons (Fsp3) is 0.333. The number of halogens is 1. The highest BCUT2D eigenvalue weighted by Crippen LogP contribution is 2.18. The molecule has 0 spiro atoms. The summed E-state index contributed by atoms with van der Waals surface area (Å²) in [4.78, 5) is 14.0. The van der Waals surface area contributed by atoms with E-state index in [4.69, 9.17) is 5.11 Å². The minimum atomic E-state index is -0.892. The van der Waals surface area contributed by atoms with E-state index in [1.54, 1.807) is 6.92 Å². The molecule has 1 rings (SSSR count). The van der Waals surface area contributed by atoms with Gasteiger partial charge in [-0.25, -0.2) is 4.39 Å². The molecule has 1 heterocycles. The molecule has 4 heteroatoms. The van der Waals surface area contributed by atoms with Gasteiger partial charge in [-0.15, -0.1) is 0 Å².